The zero-order chi connectivity index (χ0) is 36.6. The Kier molecular flexibility index (Phi) is 7.87. The number of aromatic hydroxyl groups is 1. The highest BCUT2D eigenvalue weighted by Crippen LogP contribution is 2.64. The Morgan fingerprint density at radius 2 is 1.56 bits per heavy atom. The van der Waals surface area contributed by atoms with E-state index in [0.29, 0.717) is 27.4 Å². The molecule has 52 heavy (non-hydrogen) atoms. The second-order valence-corrected chi connectivity index (χ2v) is 14.1. The van der Waals surface area contributed by atoms with Gasteiger partial charge in [0.05, 0.1) is 34.5 Å². The molecule has 2 N–H and O–H groups in total. The molecule has 2 aliphatic heterocycles. The molecule has 6 atom stereocenters. The van der Waals surface area contributed by atoms with Crippen molar-refractivity contribution in [1.29, 1.82) is 0 Å². The summed E-state index contributed by atoms with van der Waals surface area (Å²) in [7, 11) is 0. The second-order valence-electron chi connectivity index (χ2n) is 13.7. The number of imide groups is 2. The first-order valence-corrected chi connectivity index (χ1v) is 17.1. The number of phenolic OH excluding ortho intramolecular Hbond substituents is 1. The highest BCUT2D eigenvalue weighted by molar-refractivity contribution is 6.30. The van der Waals surface area contributed by atoms with E-state index in [-0.39, 0.29) is 29.9 Å². The average Bonchev–Trinajstić information content (AvgIpc) is 3.51. The van der Waals surface area contributed by atoms with Crippen molar-refractivity contribution in [1.82, 2.24) is 5.01 Å². The molecule has 262 valence electrons. The van der Waals surface area contributed by atoms with E-state index in [4.69, 9.17) is 11.6 Å². The van der Waals surface area contributed by atoms with Crippen LogP contribution in [0, 0.1) is 35.3 Å². The van der Waals surface area contributed by atoms with Crippen molar-refractivity contribution in [2.75, 3.05) is 10.3 Å². The molecule has 0 aromatic heterocycles. The number of nitrogens with one attached hydrogen (secondary N) is 1. The molecule has 6 unspecified atom stereocenters. The third-order valence-electron chi connectivity index (χ3n) is 11.1. The third-order valence-corrected chi connectivity index (χ3v) is 11.3. The van der Waals surface area contributed by atoms with Crippen LogP contribution in [-0.4, -0.2) is 39.5 Å². The van der Waals surface area contributed by atoms with Crippen molar-refractivity contribution < 1.29 is 37.9 Å². The maximum Gasteiger partial charge on any atom is 0.260 e. The smallest absolute Gasteiger partial charge is 0.260 e. The zero-order valence-corrected chi connectivity index (χ0v) is 28.3. The van der Waals surface area contributed by atoms with E-state index in [1.54, 1.807) is 48.5 Å². The summed E-state index contributed by atoms with van der Waals surface area (Å²) in [4.78, 5) is 71.2. The van der Waals surface area contributed by atoms with Gasteiger partial charge in [0.1, 0.15) is 5.82 Å². The minimum Gasteiger partial charge on any atom is -0.505 e. The maximum atomic E-state index is 15.3. The number of phenols is 1. The molecular formula is C40H30ClF2N3O6. The molecule has 0 radical (unpaired) electrons. The molecule has 2 heterocycles. The number of Topliss-reactive ketones (excluding diaryl/α,β-unsaturated/α-hetero) is 1. The van der Waals surface area contributed by atoms with E-state index >= 15 is 9.18 Å². The number of hydrogen-bond donors (Lipinski definition) is 2. The van der Waals surface area contributed by atoms with E-state index in [1.807, 2.05) is 6.08 Å². The molecule has 4 aromatic carbocycles. The lowest BCUT2D eigenvalue weighted by atomic mass is 9.49. The molecular weight excluding hydrogens is 692 g/mol. The van der Waals surface area contributed by atoms with Crippen LogP contribution in [0.4, 0.5) is 20.2 Å². The van der Waals surface area contributed by atoms with Gasteiger partial charge >= 0.3 is 0 Å². The molecule has 8 rings (SSSR count). The Bertz CT molecular complexity index is 2230. The van der Waals surface area contributed by atoms with E-state index in [0.717, 1.165) is 16.0 Å². The number of rotatable bonds is 6. The van der Waals surface area contributed by atoms with Crippen molar-refractivity contribution in [3.8, 4) is 5.75 Å². The minimum absolute atomic E-state index is 0.00496. The number of amides is 4. The summed E-state index contributed by atoms with van der Waals surface area (Å²) in [5.41, 5.74) is 3.45. The molecule has 2 aliphatic carbocycles. The number of fused-ring (bicyclic) bond motifs is 4. The SMILES string of the molecule is CC(=O)c1ccc(N2C(=O)C3CC=C4C(CC5C(=O)N(Nc6ccc(F)cc6)C(=O)C5(c5ccc(Cl)cc5)C4c4ccc(O)c(F)c4)C3C2=O)cc1. The molecule has 2 saturated heterocycles. The van der Waals surface area contributed by atoms with Gasteiger partial charge in [-0.05, 0) is 110 Å². The number of anilines is 2. The maximum absolute atomic E-state index is 15.3. The van der Waals surface area contributed by atoms with Crippen LogP contribution >= 0.6 is 11.6 Å². The van der Waals surface area contributed by atoms with Crippen molar-refractivity contribution in [2.45, 2.75) is 31.1 Å². The van der Waals surface area contributed by atoms with E-state index in [9.17, 15) is 28.7 Å². The molecule has 4 amide bonds. The lowest BCUT2D eigenvalue weighted by Gasteiger charge is -2.50. The Balaban J connectivity index is 1.30. The highest BCUT2D eigenvalue weighted by Gasteiger charge is 2.70. The van der Waals surface area contributed by atoms with Gasteiger partial charge in [-0.15, -0.1) is 0 Å². The fraction of sp³-hybridized carbons (Fsp3) is 0.225. The Hall–Kier alpha value is -5.68. The number of allylic oxidation sites excluding steroid dienone is 2. The molecule has 0 spiro atoms. The van der Waals surface area contributed by atoms with Crippen molar-refractivity contribution in [2.24, 2.45) is 23.7 Å². The molecule has 3 fully saturated rings. The van der Waals surface area contributed by atoms with E-state index in [2.05, 4.69) is 5.43 Å². The number of ketones is 1. The van der Waals surface area contributed by atoms with Crippen LogP contribution < -0.4 is 10.3 Å². The van der Waals surface area contributed by atoms with Crippen LogP contribution in [0.1, 0.15) is 47.2 Å². The topological polar surface area (TPSA) is 124 Å². The average molecular weight is 722 g/mol. The van der Waals surface area contributed by atoms with Crippen LogP contribution in [-0.2, 0) is 24.6 Å². The second kappa shape index (κ2) is 12.2. The molecule has 0 bridgehead atoms. The van der Waals surface area contributed by atoms with Gasteiger partial charge in [0.25, 0.3) is 11.8 Å². The first kappa shape index (κ1) is 33.5. The number of hydrazine groups is 1. The Labute approximate surface area is 301 Å². The molecule has 9 nitrogen and oxygen atoms in total. The lowest BCUT2D eigenvalue weighted by molar-refractivity contribution is -0.138. The zero-order valence-electron chi connectivity index (χ0n) is 27.6. The minimum atomic E-state index is -1.69. The molecule has 4 aliphatic rings. The summed E-state index contributed by atoms with van der Waals surface area (Å²) in [5, 5.41) is 11.5. The summed E-state index contributed by atoms with van der Waals surface area (Å²) >= 11 is 6.30. The highest BCUT2D eigenvalue weighted by atomic mass is 35.5. The fourth-order valence-electron chi connectivity index (χ4n) is 8.83. The number of carbonyl (C=O) groups excluding carboxylic acids is 5. The molecule has 12 heteroatoms. The standard InChI is InChI=1S/C40H30ClF2N3O6/c1-20(47)21-2-13-27(14-3-21)45-36(49)29-16-15-28-30(34(29)38(45)51)19-31-37(50)46(44-26-11-9-25(42)10-12-26)39(52)40(31,23-5-7-24(41)8-6-23)35(28)22-4-17-33(48)32(43)18-22/h2-15,17-18,29-31,34-35,44,48H,16,19H2,1H3. The van der Waals surface area contributed by atoms with Crippen LogP contribution in [0.3, 0.4) is 0 Å². The first-order chi connectivity index (χ1) is 24.9. The lowest BCUT2D eigenvalue weighted by Crippen LogP contribution is -2.53. The largest absolute Gasteiger partial charge is 0.505 e. The van der Waals surface area contributed by atoms with Gasteiger partial charge in [-0.25, -0.2) is 8.78 Å². The van der Waals surface area contributed by atoms with Crippen LogP contribution in [0.15, 0.2) is 103 Å². The predicted octanol–water partition coefficient (Wildman–Crippen LogP) is 6.72. The van der Waals surface area contributed by atoms with Crippen molar-refractivity contribution >= 4 is 52.4 Å². The van der Waals surface area contributed by atoms with Gasteiger partial charge in [-0.3, -0.25) is 34.3 Å². The summed E-state index contributed by atoms with van der Waals surface area (Å²) < 4.78 is 29.1. The quantitative estimate of drug-likeness (QED) is 0.129. The summed E-state index contributed by atoms with van der Waals surface area (Å²) in [5.74, 6) is -8.96. The third kappa shape index (κ3) is 4.90. The summed E-state index contributed by atoms with van der Waals surface area (Å²) in [6, 6.07) is 21.6. The van der Waals surface area contributed by atoms with Gasteiger partial charge in [0.15, 0.2) is 17.3 Å². The monoisotopic (exact) mass is 721 g/mol. The van der Waals surface area contributed by atoms with Crippen molar-refractivity contribution in [3.63, 3.8) is 0 Å². The van der Waals surface area contributed by atoms with Crippen LogP contribution in [0.2, 0.25) is 5.02 Å². The van der Waals surface area contributed by atoms with Crippen LogP contribution in [0.5, 0.6) is 5.75 Å². The van der Waals surface area contributed by atoms with Gasteiger partial charge in [-0.1, -0.05) is 41.4 Å². The Morgan fingerprint density at radius 1 is 0.865 bits per heavy atom. The van der Waals surface area contributed by atoms with Gasteiger partial charge < -0.3 is 5.11 Å². The number of hydrogen-bond acceptors (Lipinski definition) is 7. The molecule has 4 aromatic rings. The van der Waals surface area contributed by atoms with E-state index < -0.39 is 76.0 Å². The fourth-order valence-corrected chi connectivity index (χ4v) is 8.96. The summed E-state index contributed by atoms with van der Waals surface area (Å²) in [6.45, 7) is 1.41. The first-order valence-electron chi connectivity index (χ1n) is 16.8. The Morgan fingerprint density at radius 3 is 2.21 bits per heavy atom. The molecule has 1 saturated carbocycles. The van der Waals surface area contributed by atoms with E-state index in [1.165, 1.54) is 43.3 Å². The van der Waals surface area contributed by atoms with Gasteiger partial charge in [0, 0.05) is 16.5 Å². The number of nitrogens with zero attached hydrogens (tertiary/aromatic N) is 2. The van der Waals surface area contributed by atoms with Gasteiger partial charge in [0.2, 0.25) is 11.8 Å². The number of halogens is 3. The normalized spacial score (nSPS) is 26.5. The predicted molar refractivity (Wildman–Crippen MR) is 186 cm³/mol. The number of benzene rings is 4. The van der Waals surface area contributed by atoms with Crippen molar-refractivity contribution in [3.05, 3.63) is 136 Å². The van der Waals surface area contributed by atoms with Crippen LogP contribution in [0.25, 0.3) is 0 Å². The van der Waals surface area contributed by atoms with Gasteiger partial charge in [-0.2, -0.15) is 5.01 Å². The summed E-state index contributed by atoms with van der Waals surface area (Å²) in [6.07, 6.45) is 1.96. The number of carbonyl (C=O) groups is 5.